The van der Waals surface area contributed by atoms with Gasteiger partial charge >= 0.3 is 0 Å². The van der Waals surface area contributed by atoms with Gasteiger partial charge in [-0.1, -0.05) is 303 Å². The molecule has 0 bridgehead atoms. The third-order valence-corrected chi connectivity index (χ3v) is 17.7. The van der Waals surface area contributed by atoms with E-state index in [1.54, 1.807) is 0 Å². The monoisotopic (exact) mass is 1170 g/mol. The zero-order valence-electron chi connectivity index (χ0n) is 49.7. The first-order chi connectivity index (χ1) is 45.6. The van der Waals surface area contributed by atoms with E-state index in [0.717, 1.165) is 50.2 Å². The quantitative estimate of drug-likeness (QED) is 0.140. The lowest BCUT2D eigenvalue weighted by Gasteiger charge is -2.13. The molecule has 0 atom stereocenters. The predicted octanol–water partition coefficient (Wildman–Crippen LogP) is 21.7. The van der Waals surface area contributed by atoms with Crippen LogP contribution in [-0.2, 0) is 0 Å². The van der Waals surface area contributed by atoms with Gasteiger partial charge in [-0.2, -0.15) is 0 Å². The largest absolute Gasteiger partial charge is 0.255 e. The van der Waals surface area contributed by atoms with Crippen LogP contribution in [-0.4, -0.2) is 34.9 Å². The Morgan fingerprint density at radius 2 is 0.424 bits per heavy atom. The van der Waals surface area contributed by atoms with Gasteiger partial charge in [0.25, 0.3) is 0 Å². The fourth-order valence-electron chi connectivity index (χ4n) is 13.2. The van der Waals surface area contributed by atoms with E-state index in [2.05, 4.69) is 194 Å². The van der Waals surface area contributed by atoms with Crippen LogP contribution in [0.25, 0.3) is 177 Å². The van der Waals surface area contributed by atoms with E-state index in [1.807, 2.05) is 128 Å². The third kappa shape index (κ3) is 9.78. The summed E-state index contributed by atoms with van der Waals surface area (Å²) >= 11 is 0. The standard InChI is InChI=1S/C43H27N3.C42H26N4/c1-3-11-30(12-4-1)41-44-42(31-13-5-2-6-14-31)46-43(45-41)32-20-18-29(19-21-32)34-16-9-17-35-36(34)24-27-40-38-23-22-28-10-7-8-15-33(28)37(38)25-26-39(35)40;1-3-11-28(12-4-1)40-44-41(29-13-5-2-6-14-29)46-42(45-40)30-19-25-39(43-26-30)38-17-9-16-32-35-22-21-33-31-15-8-7-10-27(31)18-20-34(33)36(35)23-24-37(32)38/h1-27H;1-26H. The van der Waals surface area contributed by atoms with E-state index in [9.17, 15) is 0 Å². The Bertz CT molecular complexity index is 5370. The van der Waals surface area contributed by atoms with Crippen molar-refractivity contribution in [1.29, 1.82) is 0 Å². The minimum atomic E-state index is 0.593. The van der Waals surface area contributed by atoms with Crippen LogP contribution in [0.3, 0.4) is 0 Å². The van der Waals surface area contributed by atoms with Gasteiger partial charge < -0.3 is 0 Å². The fraction of sp³-hybridized carbons (Fsp3) is 0. The molecule has 428 valence electrons. The summed E-state index contributed by atoms with van der Waals surface area (Å²) in [6, 6.07) is 110. The molecule has 7 heteroatoms. The lowest BCUT2D eigenvalue weighted by Crippen LogP contribution is -2.00. The Kier molecular flexibility index (Phi) is 13.4. The minimum Gasteiger partial charge on any atom is -0.255 e. The summed E-state index contributed by atoms with van der Waals surface area (Å²) in [7, 11) is 0. The van der Waals surface area contributed by atoms with Crippen molar-refractivity contribution in [3.63, 3.8) is 0 Å². The van der Waals surface area contributed by atoms with E-state index in [1.165, 1.54) is 91.7 Å². The number of aromatic nitrogens is 7. The SMILES string of the molecule is c1ccc(-c2nc(-c3ccccc3)nc(-c3ccc(-c4cccc5c4ccc4c5ccc5c6ccccc6ccc54)cc3)n2)cc1.c1ccc(-c2nc(-c3ccccc3)nc(-c3ccc(-c4cccc5c4ccc4c5ccc5c6ccccc6ccc54)nc3)n2)cc1. The van der Waals surface area contributed by atoms with Gasteiger partial charge in [-0.3, -0.25) is 4.98 Å². The molecule has 0 saturated heterocycles. The van der Waals surface area contributed by atoms with Gasteiger partial charge in [-0.15, -0.1) is 0 Å². The summed E-state index contributed by atoms with van der Waals surface area (Å²) in [6.07, 6.45) is 1.87. The second-order valence-electron chi connectivity index (χ2n) is 23.1. The first kappa shape index (κ1) is 53.8. The Balaban J connectivity index is 0.000000141. The number of fused-ring (bicyclic) bond motifs is 14. The average Bonchev–Trinajstić information content (AvgIpc) is 0.778. The first-order valence-corrected chi connectivity index (χ1v) is 30.9. The van der Waals surface area contributed by atoms with Crippen LogP contribution in [0.1, 0.15) is 0 Å². The molecule has 0 aliphatic carbocycles. The predicted molar refractivity (Wildman–Crippen MR) is 381 cm³/mol. The lowest BCUT2D eigenvalue weighted by atomic mass is 9.91. The van der Waals surface area contributed by atoms with E-state index in [-0.39, 0.29) is 0 Å². The van der Waals surface area contributed by atoms with Crippen LogP contribution in [0.4, 0.5) is 0 Å². The Labute approximate surface area is 530 Å². The van der Waals surface area contributed by atoms with Crippen LogP contribution in [0.15, 0.2) is 322 Å². The van der Waals surface area contributed by atoms with Crippen LogP contribution in [0.2, 0.25) is 0 Å². The zero-order valence-corrected chi connectivity index (χ0v) is 49.7. The number of benzene rings is 15. The van der Waals surface area contributed by atoms with Gasteiger partial charge in [0.2, 0.25) is 0 Å². The van der Waals surface area contributed by atoms with Crippen LogP contribution in [0.5, 0.6) is 0 Å². The summed E-state index contributed by atoms with van der Waals surface area (Å²) in [4.78, 5) is 34.1. The molecule has 7 nitrogen and oxygen atoms in total. The lowest BCUT2D eigenvalue weighted by molar-refractivity contribution is 1.07. The topological polar surface area (TPSA) is 90.2 Å². The summed E-state index contributed by atoms with van der Waals surface area (Å²) < 4.78 is 0. The number of nitrogens with zero attached hydrogens (tertiary/aromatic N) is 7. The van der Waals surface area contributed by atoms with E-state index < -0.39 is 0 Å². The van der Waals surface area contributed by atoms with Gasteiger partial charge in [0.05, 0.1) is 5.69 Å². The van der Waals surface area contributed by atoms with Crippen molar-refractivity contribution in [1.82, 2.24) is 34.9 Å². The summed E-state index contributed by atoms with van der Waals surface area (Å²) in [5.41, 5.74) is 9.95. The van der Waals surface area contributed by atoms with Gasteiger partial charge in [0.1, 0.15) is 0 Å². The maximum Gasteiger partial charge on any atom is 0.165 e. The molecule has 15 aromatic carbocycles. The van der Waals surface area contributed by atoms with Crippen molar-refractivity contribution in [2.24, 2.45) is 0 Å². The highest BCUT2D eigenvalue weighted by Gasteiger charge is 2.18. The van der Waals surface area contributed by atoms with Gasteiger partial charge in [0, 0.05) is 45.1 Å². The van der Waals surface area contributed by atoms with E-state index in [0.29, 0.717) is 34.9 Å². The summed E-state index contributed by atoms with van der Waals surface area (Å²) in [5, 5.41) is 20.2. The van der Waals surface area contributed by atoms with Gasteiger partial charge in [-0.25, -0.2) is 29.9 Å². The van der Waals surface area contributed by atoms with Crippen LogP contribution < -0.4 is 0 Å². The molecule has 18 aromatic rings. The number of hydrogen-bond donors (Lipinski definition) is 0. The number of pyridine rings is 1. The second-order valence-corrected chi connectivity index (χ2v) is 23.1. The van der Waals surface area contributed by atoms with Crippen molar-refractivity contribution in [3.05, 3.63) is 322 Å². The van der Waals surface area contributed by atoms with Crippen molar-refractivity contribution in [2.75, 3.05) is 0 Å². The Morgan fingerprint density at radius 1 is 0.152 bits per heavy atom. The third-order valence-electron chi connectivity index (χ3n) is 17.7. The van der Waals surface area contributed by atoms with Gasteiger partial charge in [0.15, 0.2) is 34.9 Å². The fourth-order valence-corrected chi connectivity index (χ4v) is 13.2. The first-order valence-electron chi connectivity index (χ1n) is 30.9. The molecule has 18 rings (SSSR count). The highest BCUT2D eigenvalue weighted by Crippen LogP contribution is 2.41. The molecule has 0 aliphatic rings. The van der Waals surface area contributed by atoms with Gasteiger partial charge in [-0.05, 0) is 109 Å². The maximum absolute atomic E-state index is 4.94. The average molecular weight is 1170 g/mol. The minimum absolute atomic E-state index is 0.593. The summed E-state index contributed by atoms with van der Waals surface area (Å²) in [5.74, 6) is 3.84. The van der Waals surface area contributed by atoms with Crippen LogP contribution in [0, 0.1) is 0 Å². The number of hydrogen-bond acceptors (Lipinski definition) is 7. The van der Waals surface area contributed by atoms with E-state index in [4.69, 9.17) is 34.9 Å². The molecule has 0 radical (unpaired) electrons. The van der Waals surface area contributed by atoms with E-state index >= 15 is 0 Å². The van der Waals surface area contributed by atoms with Crippen molar-refractivity contribution < 1.29 is 0 Å². The summed E-state index contributed by atoms with van der Waals surface area (Å²) in [6.45, 7) is 0. The smallest absolute Gasteiger partial charge is 0.165 e. The van der Waals surface area contributed by atoms with Crippen LogP contribution >= 0.6 is 0 Å². The molecule has 0 amide bonds. The Hall–Kier alpha value is -12.5. The molecule has 0 spiro atoms. The Morgan fingerprint density at radius 3 is 0.815 bits per heavy atom. The molecule has 0 N–H and O–H groups in total. The van der Waals surface area contributed by atoms with Crippen molar-refractivity contribution in [2.45, 2.75) is 0 Å². The normalized spacial score (nSPS) is 11.5. The molecule has 92 heavy (non-hydrogen) atoms. The molecule has 3 aromatic heterocycles. The molecule has 0 unspecified atom stereocenters. The molecular weight excluding hydrogens is 1120 g/mol. The van der Waals surface area contributed by atoms with Crippen molar-refractivity contribution >= 4 is 86.2 Å². The highest BCUT2D eigenvalue weighted by atomic mass is 15.0. The maximum atomic E-state index is 4.94. The zero-order chi connectivity index (χ0) is 60.9. The number of rotatable bonds is 8. The molecule has 0 fully saturated rings. The molecule has 0 saturated carbocycles. The molecular formula is C85H53N7. The molecule has 0 aliphatic heterocycles. The van der Waals surface area contributed by atoms with Crippen molar-refractivity contribution in [3.8, 4) is 90.7 Å². The molecule has 3 heterocycles. The second kappa shape index (κ2) is 22.9. The highest BCUT2D eigenvalue weighted by molar-refractivity contribution is 6.25.